The molecule has 2 aliphatic carbocycles. The van der Waals surface area contributed by atoms with E-state index in [-0.39, 0.29) is 11.0 Å². The van der Waals surface area contributed by atoms with E-state index in [0.29, 0.717) is 17.5 Å². The van der Waals surface area contributed by atoms with Gasteiger partial charge in [-0.05, 0) is 38.8 Å². The molecule has 0 radical (unpaired) electrons. The number of aryl methyl sites for hydroxylation is 2. The molecule has 2 aromatic rings. The molecule has 0 spiro atoms. The molecular formula is C32H35ClF4N8O12S2. The van der Waals surface area contributed by atoms with Crippen molar-refractivity contribution >= 4 is 67.5 Å². The molecule has 2 aromatic heterocycles. The highest BCUT2D eigenvalue weighted by atomic mass is 35.5. The minimum Gasteiger partial charge on any atom is -0.481 e. The molecule has 27 heteroatoms. The van der Waals surface area contributed by atoms with Gasteiger partial charge in [0, 0.05) is 16.4 Å². The van der Waals surface area contributed by atoms with Crippen LogP contribution in [0.4, 0.5) is 39.0 Å². The molecule has 0 aliphatic heterocycles. The zero-order valence-corrected chi connectivity index (χ0v) is 33.4. The third-order valence-electron chi connectivity index (χ3n) is 8.25. The van der Waals surface area contributed by atoms with Gasteiger partial charge in [0.1, 0.15) is 15.4 Å². The third-order valence-corrected chi connectivity index (χ3v) is 12.5. The van der Waals surface area contributed by atoms with E-state index in [1.807, 2.05) is 4.72 Å². The number of halogens is 5. The quantitative estimate of drug-likeness (QED) is 0.155. The van der Waals surface area contributed by atoms with Crippen LogP contribution in [0.1, 0.15) is 32.2 Å². The minimum absolute atomic E-state index is 0.0799. The summed E-state index contributed by atoms with van der Waals surface area (Å²) in [6, 6.07) is -0.490. The maximum absolute atomic E-state index is 12.9. The second-order valence-corrected chi connectivity index (χ2v) is 17.0. The minimum atomic E-state index is -4.69. The lowest BCUT2D eigenvalue weighted by atomic mass is 9.72. The fourth-order valence-electron chi connectivity index (χ4n) is 5.55. The first-order chi connectivity index (χ1) is 27.2. The number of urea groups is 2. The number of amides is 4. The van der Waals surface area contributed by atoms with Crippen molar-refractivity contribution in [3.8, 4) is 11.8 Å². The van der Waals surface area contributed by atoms with Crippen molar-refractivity contribution in [1.29, 1.82) is 0 Å². The van der Waals surface area contributed by atoms with Crippen LogP contribution in [0.2, 0.25) is 0 Å². The highest BCUT2D eigenvalue weighted by Crippen LogP contribution is 2.44. The summed E-state index contributed by atoms with van der Waals surface area (Å²) >= 11 is 6.10. The van der Waals surface area contributed by atoms with Crippen molar-refractivity contribution < 1.29 is 73.3 Å². The number of ether oxygens (including phenoxy) is 2. The van der Waals surface area contributed by atoms with E-state index in [1.54, 1.807) is 39.1 Å². The van der Waals surface area contributed by atoms with Crippen LogP contribution in [0.25, 0.3) is 0 Å². The smallest absolute Gasteiger partial charge is 0.388 e. The van der Waals surface area contributed by atoms with E-state index in [1.165, 1.54) is 35.1 Å². The van der Waals surface area contributed by atoms with E-state index >= 15 is 0 Å². The average molecular weight is 899 g/mol. The maximum Gasteiger partial charge on any atom is 0.388 e. The summed E-state index contributed by atoms with van der Waals surface area (Å²) < 4.78 is 110. The summed E-state index contributed by atoms with van der Waals surface area (Å²) in [5, 5.41) is 21.1. The zero-order chi connectivity index (χ0) is 44.7. The van der Waals surface area contributed by atoms with Crippen LogP contribution in [0.15, 0.2) is 59.7 Å². The number of carboxylic acid groups (broad SMARTS) is 2. The van der Waals surface area contributed by atoms with Gasteiger partial charge in [-0.15, -0.1) is 0 Å². The van der Waals surface area contributed by atoms with Crippen molar-refractivity contribution in [3.05, 3.63) is 71.1 Å². The number of nitrogens with one attached hydrogen (secondary N) is 4. The molecule has 4 rings (SSSR count). The van der Waals surface area contributed by atoms with Crippen molar-refractivity contribution in [2.24, 2.45) is 17.3 Å². The summed E-state index contributed by atoms with van der Waals surface area (Å²) in [4.78, 5) is 62.4. The standard InChI is InChI=1S/C17H21ClN4O5S.C15H14F4N4O7S/c1-9(2)17(14(23)24)7-5-6-12(18)13(17)28(26,27)22-16(25)21-15-19-10(3)8-11(4)20-15;1-15(5-3-2-4-7(15)10(24)25)31(27,28)23-14(26)22-13-20-8(29-11(16)17)6-9(21-13)30-12(18)19/h5-9,13H,1-4H3,(H,23,24)(H2,19,20,21,22,25);2-7,11-12H,1H3,(H,24,25)(H2,20,21,22,23,26). The summed E-state index contributed by atoms with van der Waals surface area (Å²) in [6.45, 7) is 0.753. The molecule has 59 heavy (non-hydrogen) atoms. The Kier molecular flexibility index (Phi) is 15.1. The normalized spacial score (nSPS) is 21.2. The van der Waals surface area contributed by atoms with Gasteiger partial charge in [-0.3, -0.25) is 20.2 Å². The van der Waals surface area contributed by atoms with Gasteiger partial charge in [0.2, 0.25) is 43.7 Å². The van der Waals surface area contributed by atoms with E-state index in [4.69, 9.17) is 11.6 Å². The second-order valence-electron chi connectivity index (χ2n) is 12.7. The lowest BCUT2D eigenvalue weighted by molar-refractivity contribution is -0.148. The number of hydrogen-bond acceptors (Lipinski definition) is 14. The highest BCUT2D eigenvalue weighted by molar-refractivity contribution is 7.91. The van der Waals surface area contributed by atoms with Gasteiger partial charge in [-0.1, -0.05) is 61.9 Å². The Morgan fingerprint density at radius 2 is 1.31 bits per heavy atom. The van der Waals surface area contributed by atoms with Crippen LogP contribution < -0.4 is 29.6 Å². The van der Waals surface area contributed by atoms with E-state index in [9.17, 15) is 63.8 Å². The molecule has 4 unspecified atom stereocenters. The third kappa shape index (κ3) is 11.6. The van der Waals surface area contributed by atoms with Crippen molar-refractivity contribution in [2.75, 3.05) is 10.6 Å². The van der Waals surface area contributed by atoms with Gasteiger partial charge >= 0.3 is 37.2 Å². The Labute approximate surface area is 338 Å². The molecule has 6 N–H and O–H groups in total. The Bertz CT molecular complexity index is 2270. The Morgan fingerprint density at radius 3 is 1.78 bits per heavy atom. The van der Waals surface area contributed by atoms with E-state index in [2.05, 4.69) is 34.7 Å². The number of carbonyl (C=O) groups is 4. The van der Waals surface area contributed by atoms with Crippen LogP contribution in [-0.2, 0) is 29.6 Å². The van der Waals surface area contributed by atoms with Gasteiger partial charge in [-0.2, -0.15) is 27.5 Å². The van der Waals surface area contributed by atoms with Crippen LogP contribution in [-0.4, -0.2) is 94.2 Å². The van der Waals surface area contributed by atoms with Gasteiger partial charge in [0.15, 0.2) is 0 Å². The van der Waals surface area contributed by atoms with Crippen molar-refractivity contribution in [3.63, 3.8) is 0 Å². The monoisotopic (exact) mass is 898 g/mol. The zero-order valence-electron chi connectivity index (χ0n) is 31.1. The number of nitrogens with zero attached hydrogens (tertiary/aromatic N) is 4. The molecule has 0 saturated heterocycles. The molecule has 0 bridgehead atoms. The number of anilines is 2. The fourth-order valence-corrected chi connectivity index (χ4v) is 9.21. The van der Waals surface area contributed by atoms with Crippen molar-refractivity contribution in [1.82, 2.24) is 29.4 Å². The number of rotatable bonds is 13. The van der Waals surface area contributed by atoms with Crippen molar-refractivity contribution in [2.45, 2.75) is 57.8 Å². The molecule has 0 saturated carbocycles. The van der Waals surface area contributed by atoms with Gasteiger partial charge in [-0.25, -0.2) is 45.8 Å². The summed E-state index contributed by atoms with van der Waals surface area (Å²) in [7, 11) is -9.21. The average Bonchev–Trinajstić information content (AvgIpc) is 3.06. The predicted molar refractivity (Wildman–Crippen MR) is 199 cm³/mol. The molecule has 0 aromatic carbocycles. The molecule has 4 atom stereocenters. The van der Waals surface area contributed by atoms with Crippen LogP contribution in [0.5, 0.6) is 11.8 Å². The summed E-state index contributed by atoms with van der Waals surface area (Å²) in [5.41, 5.74) is -0.675. The second kappa shape index (κ2) is 18.8. The number of allylic oxidation sites excluding steroid dienone is 4. The van der Waals surface area contributed by atoms with Crippen LogP contribution in [0, 0.1) is 31.1 Å². The number of sulfonamides is 2. The number of carboxylic acids is 2. The van der Waals surface area contributed by atoms with E-state index < -0.39 is 102 Å². The molecule has 0 fully saturated rings. The Morgan fingerprint density at radius 1 is 0.797 bits per heavy atom. The predicted octanol–water partition coefficient (Wildman–Crippen LogP) is 4.05. The number of aliphatic carboxylic acids is 2. The van der Waals surface area contributed by atoms with E-state index in [0.717, 1.165) is 19.1 Å². The number of aromatic nitrogens is 4. The molecule has 4 amide bonds. The molecular weight excluding hydrogens is 864 g/mol. The first kappa shape index (κ1) is 47.5. The largest absolute Gasteiger partial charge is 0.481 e. The van der Waals surface area contributed by atoms with Crippen LogP contribution in [0.3, 0.4) is 0 Å². The Balaban J connectivity index is 0.000000317. The highest BCUT2D eigenvalue weighted by Gasteiger charge is 2.55. The molecule has 2 heterocycles. The Hall–Kier alpha value is -5.89. The number of carbonyl (C=O) groups excluding carboxylic acids is 2. The summed E-state index contributed by atoms with van der Waals surface area (Å²) in [6.07, 6.45) is 8.68. The lowest BCUT2D eigenvalue weighted by Gasteiger charge is -2.38. The topological polar surface area (TPSA) is 295 Å². The number of alkyl halides is 4. The molecule has 2 aliphatic rings. The summed E-state index contributed by atoms with van der Waals surface area (Å²) in [5.74, 6) is -7.94. The maximum atomic E-state index is 12.9. The number of hydrogen-bond donors (Lipinski definition) is 6. The molecule has 322 valence electrons. The molecule has 20 nitrogen and oxygen atoms in total. The fraction of sp³-hybridized carbons (Fsp3) is 0.375. The van der Waals surface area contributed by atoms with Gasteiger partial charge < -0.3 is 19.7 Å². The first-order valence-electron chi connectivity index (χ1n) is 16.4. The van der Waals surface area contributed by atoms with Crippen LogP contribution >= 0.6 is 11.6 Å². The lowest BCUT2D eigenvalue weighted by Crippen LogP contribution is -2.54. The SMILES string of the molecule is CC1(S(=O)(=O)NC(=O)Nc2nc(OC(F)F)cc(OC(F)F)n2)C=CC=CC1C(=O)O.Cc1cc(C)nc(NC(=O)NS(=O)(=O)C2C(Cl)=CC=CC2(C(=O)O)C(C)C)n1. The van der Waals surface area contributed by atoms with Gasteiger partial charge in [0.25, 0.3) is 0 Å². The first-order valence-corrected chi connectivity index (χ1v) is 19.8. The van der Waals surface area contributed by atoms with Gasteiger partial charge in [0.05, 0.1) is 12.0 Å².